The highest BCUT2D eigenvalue weighted by molar-refractivity contribution is 5.19. The van der Waals surface area contributed by atoms with Crippen molar-refractivity contribution in [2.24, 2.45) is 11.8 Å². The van der Waals surface area contributed by atoms with E-state index in [0.717, 1.165) is 17.4 Å². The van der Waals surface area contributed by atoms with E-state index in [1.54, 1.807) is 6.07 Å². The van der Waals surface area contributed by atoms with Crippen LogP contribution in [-0.4, -0.2) is 0 Å². The lowest BCUT2D eigenvalue weighted by molar-refractivity contribution is 0.536. The molecule has 1 saturated carbocycles. The molecular weight excluding hydrogens is 235 g/mol. The first-order valence-electron chi connectivity index (χ1n) is 7.92. The lowest BCUT2D eigenvalue weighted by atomic mass is 9.94. The Morgan fingerprint density at radius 1 is 1.21 bits per heavy atom. The van der Waals surface area contributed by atoms with E-state index in [1.165, 1.54) is 51.0 Å². The molecule has 0 spiro atoms. The van der Waals surface area contributed by atoms with Crippen molar-refractivity contribution in [1.29, 1.82) is 0 Å². The summed E-state index contributed by atoms with van der Waals surface area (Å²) in [6, 6.07) is 7.06. The SMILES string of the molecule is CC(CCCCCCC1CC1C)c1cccc(F)c1. The van der Waals surface area contributed by atoms with Gasteiger partial charge in [-0.1, -0.05) is 58.1 Å². The minimum absolute atomic E-state index is 0.108. The monoisotopic (exact) mass is 262 g/mol. The van der Waals surface area contributed by atoms with Crippen molar-refractivity contribution in [3.8, 4) is 0 Å². The number of hydrogen-bond donors (Lipinski definition) is 0. The molecule has 3 atom stereocenters. The molecule has 0 bridgehead atoms. The van der Waals surface area contributed by atoms with Crippen LogP contribution in [0.4, 0.5) is 4.39 Å². The topological polar surface area (TPSA) is 0 Å². The Bertz CT molecular complexity index is 385. The minimum Gasteiger partial charge on any atom is -0.207 e. The molecule has 106 valence electrons. The van der Waals surface area contributed by atoms with Crippen molar-refractivity contribution in [3.63, 3.8) is 0 Å². The fourth-order valence-electron chi connectivity index (χ4n) is 2.99. The summed E-state index contributed by atoms with van der Waals surface area (Å²) in [6.45, 7) is 4.58. The largest absolute Gasteiger partial charge is 0.207 e. The number of halogens is 1. The molecule has 0 saturated heterocycles. The first-order chi connectivity index (χ1) is 9.16. The van der Waals surface area contributed by atoms with Gasteiger partial charge in [-0.05, 0) is 48.3 Å². The first-order valence-corrected chi connectivity index (χ1v) is 7.92. The standard InChI is InChI=1S/C18H27F/c1-14(17-10-7-11-18(19)13-17)8-5-3-4-6-9-16-12-15(16)2/h7,10-11,13-16H,3-6,8-9,12H2,1-2H3. The normalized spacial score (nSPS) is 23.3. The molecule has 1 aromatic carbocycles. The van der Waals surface area contributed by atoms with Crippen LogP contribution in [0.5, 0.6) is 0 Å². The smallest absolute Gasteiger partial charge is 0.123 e. The lowest BCUT2D eigenvalue weighted by Gasteiger charge is -2.11. The van der Waals surface area contributed by atoms with Crippen LogP contribution in [-0.2, 0) is 0 Å². The highest BCUT2D eigenvalue weighted by atomic mass is 19.1. The Morgan fingerprint density at radius 3 is 2.63 bits per heavy atom. The Morgan fingerprint density at radius 2 is 1.95 bits per heavy atom. The molecular formula is C18H27F. The molecule has 0 aromatic heterocycles. The summed E-state index contributed by atoms with van der Waals surface area (Å²) in [7, 11) is 0. The summed E-state index contributed by atoms with van der Waals surface area (Å²) < 4.78 is 13.1. The second-order valence-corrected chi connectivity index (χ2v) is 6.42. The molecule has 1 aliphatic rings. The summed E-state index contributed by atoms with van der Waals surface area (Å²) in [6.07, 6.45) is 9.49. The molecule has 1 heteroatoms. The van der Waals surface area contributed by atoms with E-state index in [-0.39, 0.29) is 5.82 Å². The molecule has 0 aliphatic heterocycles. The third kappa shape index (κ3) is 4.97. The van der Waals surface area contributed by atoms with Crippen molar-refractivity contribution in [1.82, 2.24) is 0 Å². The average molecular weight is 262 g/mol. The maximum absolute atomic E-state index is 13.1. The van der Waals surface area contributed by atoms with Crippen molar-refractivity contribution in [2.75, 3.05) is 0 Å². The molecule has 1 aromatic rings. The van der Waals surface area contributed by atoms with Crippen LogP contribution in [0.2, 0.25) is 0 Å². The second-order valence-electron chi connectivity index (χ2n) is 6.42. The van der Waals surface area contributed by atoms with Gasteiger partial charge in [-0.3, -0.25) is 0 Å². The molecule has 0 heterocycles. The molecule has 3 unspecified atom stereocenters. The van der Waals surface area contributed by atoms with Crippen molar-refractivity contribution in [3.05, 3.63) is 35.6 Å². The van der Waals surface area contributed by atoms with Gasteiger partial charge in [-0.25, -0.2) is 4.39 Å². The van der Waals surface area contributed by atoms with Crippen LogP contribution in [0, 0.1) is 17.7 Å². The van der Waals surface area contributed by atoms with E-state index in [1.807, 2.05) is 12.1 Å². The predicted molar refractivity (Wildman–Crippen MR) is 79.8 cm³/mol. The second kappa shape index (κ2) is 7.07. The maximum atomic E-state index is 13.1. The first kappa shape index (κ1) is 14.6. The van der Waals surface area contributed by atoms with E-state index in [4.69, 9.17) is 0 Å². The van der Waals surface area contributed by atoms with Gasteiger partial charge in [0.1, 0.15) is 5.82 Å². The number of rotatable bonds is 8. The van der Waals surface area contributed by atoms with Gasteiger partial charge in [0.25, 0.3) is 0 Å². The number of unbranched alkanes of at least 4 members (excludes halogenated alkanes) is 3. The van der Waals surface area contributed by atoms with E-state index in [9.17, 15) is 4.39 Å². The van der Waals surface area contributed by atoms with Crippen molar-refractivity contribution < 1.29 is 4.39 Å². The molecule has 1 aliphatic carbocycles. The summed E-state index contributed by atoms with van der Waals surface area (Å²) >= 11 is 0. The summed E-state index contributed by atoms with van der Waals surface area (Å²) in [5.74, 6) is 2.43. The van der Waals surface area contributed by atoms with Gasteiger partial charge < -0.3 is 0 Å². The molecule has 0 nitrogen and oxygen atoms in total. The van der Waals surface area contributed by atoms with Crippen LogP contribution >= 0.6 is 0 Å². The quantitative estimate of drug-likeness (QED) is 0.510. The van der Waals surface area contributed by atoms with Crippen molar-refractivity contribution >= 4 is 0 Å². The molecule has 0 radical (unpaired) electrons. The Balaban J connectivity index is 1.55. The number of hydrogen-bond acceptors (Lipinski definition) is 0. The van der Waals surface area contributed by atoms with Crippen LogP contribution in [0.3, 0.4) is 0 Å². The summed E-state index contributed by atoms with van der Waals surface area (Å²) in [4.78, 5) is 0. The zero-order chi connectivity index (χ0) is 13.7. The van der Waals surface area contributed by atoms with Gasteiger partial charge in [-0.2, -0.15) is 0 Å². The Labute approximate surface area is 117 Å². The molecule has 0 amide bonds. The lowest BCUT2D eigenvalue weighted by Crippen LogP contribution is -1.94. The summed E-state index contributed by atoms with van der Waals surface area (Å²) in [5.41, 5.74) is 1.15. The molecule has 0 N–H and O–H groups in total. The van der Waals surface area contributed by atoms with Crippen LogP contribution in [0.1, 0.15) is 70.3 Å². The zero-order valence-corrected chi connectivity index (χ0v) is 12.4. The molecule has 2 rings (SSSR count). The average Bonchev–Trinajstić information content (AvgIpc) is 3.09. The minimum atomic E-state index is -0.108. The third-order valence-electron chi connectivity index (χ3n) is 4.66. The van der Waals surface area contributed by atoms with Gasteiger partial charge in [0.15, 0.2) is 0 Å². The van der Waals surface area contributed by atoms with E-state index in [2.05, 4.69) is 13.8 Å². The maximum Gasteiger partial charge on any atom is 0.123 e. The van der Waals surface area contributed by atoms with Gasteiger partial charge in [0.2, 0.25) is 0 Å². The molecule has 19 heavy (non-hydrogen) atoms. The van der Waals surface area contributed by atoms with Gasteiger partial charge in [0, 0.05) is 0 Å². The Kier molecular flexibility index (Phi) is 5.42. The highest BCUT2D eigenvalue weighted by Crippen LogP contribution is 2.41. The van der Waals surface area contributed by atoms with Crippen LogP contribution < -0.4 is 0 Å². The van der Waals surface area contributed by atoms with Gasteiger partial charge in [0.05, 0.1) is 0 Å². The van der Waals surface area contributed by atoms with Crippen LogP contribution in [0.25, 0.3) is 0 Å². The zero-order valence-electron chi connectivity index (χ0n) is 12.4. The van der Waals surface area contributed by atoms with Crippen LogP contribution in [0.15, 0.2) is 24.3 Å². The predicted octanol–water partition coefficient (Wildman–Crippen LogP) is 5.93. The summed E-state index contributed by atoms with van der Waals surface area (Å²) in [5, 5.41) is 0. The fourth-order valence-corrected chi connectivity index (χ4v) is 2.99. The highest BCUT2D eigenvalue weighted by Gasteiger charge is 2.31. The van der Waals surface area contributed by atoms with E-state index < -0.39 is 0 Å². The van der Waals surface area contributed by atoms with E-state index >= 15 is 0 Å². The van der Waals surface area contributed by atoms with Gasteiger partial charge in [-0.15, -0.1) is 0 Å². The fraction of sp³-hybridized carbons (Fsp3) is 0.667. The Hall–Kier alpha value is -0.850. The van der Waals surface area contributed by atoms with Gasteiger partial charge >= 0.3 is 0 Å². The van der Waals surface area contributed by atoms with Crippen molar-refractivity contribution in [2.45, 2.75) is 64.7 Å². The third-order valence-corrected chi connectivity index (χ3v) is 4.66. The number of benzene rings is 1. The van der Waals surface area contributed by atoms with E-state index in [0.29, 0.717) is 5.92 Å². The molecule has 1 fully saturated rings.